The third-order valence-electron chi connectivity index (χ3n) is 6.33. The molecule has 2 aliphatic rings. The number of alkyl halides is 3. The molecule has 0 bridgehead atoms. The van der Waals surface area contributed by atoms with Crippen LogP contribution in [0.5, 0.6) is 5.75 Å². The molecule has 39 heavy (non-hydrogen) atoms. The van der Waals surface area contributed by atoms with Gasteiger partial charge in [-0.2, -0.15) is 14.1 Å². The van der Waals surface area contributed by atoms with Crippen molar-refractivity contribution < 1.29 is 35.9 Å². The molecular weight excluding hydrogens is 541 g/mol. The quantitative estimate of drug-likeness (QED) is 0.441. The summed E-state index contributed by atoms with van der Waals surface area (Å²) in [6.45, 7) is 2.77. The van der Waals surface area contributed by atoms with E-state index >= 15 is 0 Å². The molecule has 3 heterocycles. The molecule has 2 aromatic heterocycles. The molecule has 0 spiro atoms. The summed E-state index contributed by atoms with van der Waals surface area (Å²) >= 11 is 0. The largest absolute Gasteiger partial charge is 0.573 e. The average Bonchev–Trinajstić information content (AvgIpc) is 3.64. The van der Waals surface area contributed by atoms with E-state index in [-0.39, 0.29) is 41.1 Å². The Balaban J connectivity index is 1.33. The molecule has 1 N–H and O–H groups in total. The summed E-state index contributed by atoms with van der Waals surface area (Å²) in [7, 11) is -3.73. The molecular formula is C24H25F3N6O5S. The van der Waals surface area contributed by atoms with Gasteiger partial charge in [0, 0.05) is 24.8 Å². The number of nitrogens with one attached hydrogen (secondary N) is 1. The highest BCUT2D eigenvalue weighted by Crippen LogP contribution is 2.42. The monoisotopic (exact) mass is 566 g/mol. The number of aromatic nitrogens is 4. The fraction of sp³-hybridized carbons (Fsp3) is 0.417. The smallest absolute Gasteiger partial charge is 0.406 e. The van der Waals surface area contributed by atoms with Crippen LogP contribution < -0.4 is 10.1 Å². The second-order valence-electron chi connectivity index (χ2n) is 9.21. The second kappa shape index (κ2) is 10.5. The fourth-order valence-corrected chi connectivity index (χ4v) is 5.61. The zero-order chi connectivity index (χ0) is 27.8. The lowest BCUT2D eigenvalue weighted by atomic mass is 10.1. The van der Waals surface area contributed by atoms with Crippen molar-refractivity contribution in [2.24, 2.45) is 0 Å². The van der Waals surface area contributed by atoms with Gasteiger partial charge in [0.15, 0.2) is 11.6 Å². The van der Waals surface area contributed by atoms with Gasteiger partial charge in [0.1, 0.15) is 17.0 Å². The summed E-state index contributed by atoms with van der Waals surface area (Å²) in [6, 6.07) is 6.06. The molecule has 208 valence electrons. The summed E-state index contributed by atoms with van der Waals surface area (Å²) in [4.78, 5) is 21.5. The molecule has 15 heteroatoms. The summed E-state index contributed by atoms with van der Waals surface area (Å²) in [5, 5.41) is 6.86. The molecule has 0 unspecified atom stereocenters. The number of morpholine rings is 1. The molecule has 0 radical (unpaired) electrons. The topological polar surface area (TPSA) is 129 Å². The Labute approximate surface area is 222 Å². The van der Waals surface area contributed by atoms with E-state index in [0.717, 1.165) is 18.9 Å². The Morgan fingerprint density at radius 2 is 1.90 bits per heavy atom. The van der Waals surface area contributed by atoms with Crippen molar-refractivity contribution in [3.05, 3.63) is 59.8 Å². The second-order valence-corrected chi connectivity index (χ2v) is 11.1. The molecule has 1 saturated heterocycles. The molecule has 1 saturated carbocycles. The van der Waals surface area contributed by atoms with Crippen LogP contribution >= 0.6 is 0 Å². The van der Waals surface area contributed by atoms with Crippen LogP contribution in [0, 0.1) is 0 Å². The molecule has 1 aliphatic carbocycles. The van der Waals surface area contributed by atoms with E-state index in [0.29, 0.717) is 18.8 Å². The van der Waals surface area contributed by atoms with Crippen LogP contribution in [0.2, 0.25) is 0 Å². The van der Waals surface area contributed by atoms with E-state index in [1.165, 1.54) is 39.7 Å². The summed E-state index contributed by atoms with van der Waals surface area (Å²) in [5.41, 5.74) is 0.626. The number of ether oxygens (including phenoxy) is 2. The lowest BCUT2D eigenvalue weighted by Crippen LogP contribution is -2.40. The Morgan fingerprint density at radius 1 is 1.15 bits per heavy atom. The van der Waals surface area contributed by atoms with E-state index in [2.05, 4.69) is 25.1 Å². The highest BCUT2D eigenvalue weighted by atomic mass is 32.2. The zero-order valence-electron chi connectivity index (χ0n) is 20.8. The number of sulfonamides is 1. The third kappa shape index (κ3) is 6.20. The standard InChI is InChI=1S/C24H25F3N6O5S/c1-15(31-23(34)18-10-17(16-2-3-16)11-19(12-18)38-24(25,26)27)22-29-14-30-33(22)21-5-4-20(13-28-21)39(35,36)32-6-8-37-9-7-32/h4-5,10-16H,2-3,6-9H2,1H3,(H,31,34)/t15-/m0/s1. The molecule has 1 aliphatic heterocycles. The molecule has 1 amide bonds. The molecule has 2 fully saturated rings. The van der Waals surface area contributed by atoms with Crippen LogP contribution in [0.1, 0.15) is 53.5 Å². The van der Waals surface area contributed by atoms with Crippen LogP contribution in [-0.4, -0.2) is 71.0 Å². The number of hydrogen-bond acceptors (Lipinski definition) is 8. The Bertz CT molecular complexity index is 1450. The maximum atomic E-state index is 13.0. The lowest BCUT2D eigenvalue weighted by Gasteiger charge is -2.25. The van der Waals surface area contributed by atoms with Gasteiger partial charge in [-0.15, -0.1) is 13.2 Å². The van der Waals surface area contributed by atoms with Crippen molar-refractivity contribution in [2.45, 2.75) is 43.0 Å². The normalized spacial score (nSPS) is 17.5. The number of benzene rings is 1. The van der Waals surface area contributed by atoms with Gasteiger partial charge in [-0.3, -0.25) is 4.79 Å². The predicted octanol–water partition coefficient (Wildman–Crippen LogP) is 2.95. The van der Waals surface area contributed by atoms with E-state index in [4.69, 9.17) is 4.74 Å². The fourth-order valence-electron chi connectivity index (χ4n) is 4.25. The zero-order valence-corrected chi connectivity index (χ0v) is 21.6. The van der Waals surface area contributed by atoms with Crippen LogP contribution in [0.15, 0.2) is 47.8 Å². The number of halogens is 3. The highest BCUT2D eigenvalue weighted by Gasteiger charge is 2.33. The summed E-state index contributed by atoms with van der Waals surface area (Å²) in [6.07, 6.45) is -0.754. The number of amides is 1. The van der Waals surface area contributed by atoms with Crippen LogP contribution in [0.4, 0.5) is 13.2 Å². The number of carbonyl (C=O) groups excluding carboxylic acids is 1. The minimum Gasteiger partial charge on any atom is -0.406 e. The van der Waals surface area contributed by atoms with Crippen LogP contribution in [0.3, 0.4) is 0 Å². The molecule has 1 aromatic carbocycles. The van der Waals surface area contributed by atoms with Gasteiger partial charge in [0.25, 0.3) is 5.91 Å². The predicted molar refractivity (Wildman–Crippen MR) is 130 cm³/mol. The Morgan fingerprint density at radius 3 is 2.54 bits per heavy atom. The average molecular weight is 567 g/mol. The van der Waals surface area contributed by atoms with Crippen molar-refractivity contribution in [3.8, 4) is 11.6 Å². The Hall–Kier alpha value is -3.56. The van der Waals surface area contributed by atoms with Crippen molar-refractivity contribution in [1.82, 2.24) is 29.4 Å². The molecule has 3 aromatic rings. The summed E-state index contributed by atoms with van der Waals surface area (Å²) < 4.78 is 76.1. The summed E-state index contributed by atoms with van der Waals surface area (Å²) in [5.74, 6) is -0.434. The maximum Gasteiger partial charge on any atom is 0.573 e. The van der Waals surface area contributed by atoms with E-state index in [1.54, 1.807) is 13.0 Å². The van der Waals surface area contributed by atoms with Gasteiger partial charge in [-0.1, -0.05) is 0 Å². The first-order valence-electron chi connectivity index (χ1n) is 12.2. The highest BCUT2D eigenvalue weighted by molar-refractivity contribution is 7.89. The van der Waals surface area contributed by atoms with Crippen LogP contribution in [0.25, 0.3) is 5.82 Å². The van der Waals surface area contributed by atoms with E-state index in [9.17, 15) is 26.4 Å². The maximum absolute atomic E-state index is 13.0. The van der Waals surface area contributed by atoms with Gasteiger partial charge in [-0.05, 0) is 61.6 Å². The van der Waals surface area contributed by atoms with Crippen molar-refractivity contribution in [2.75, 3.05) is 26.3 Å². The number of hydrogen-bond donors (Lipinski definition) is 1. The van der Waals surface area contributed by atoms with Gasteiger partial charge in [0.05, 0.1) is 19.3 Å². The number of carbonyl (C=O) groups is 1. The van der Waals surface area contributed by atoms with Gasteiger partial charge >= 0.3 is 6.36 Å². The molecule has 5 rings (SSSR count). The minimum atomic E-state index is -4.89. The van der Waals surface area contributed by atoms with Gasteiger partial charge in [-0.25, -0.2) is 18.4 Å². The van der Waals surface area contributed by atoms with Gasteiger partial charge < -0.3 is 14.8 Å². The van der Waals surface area contributed by atoms with Gasteiger partial charge in [0.2, 0.25) is 10.0 Å². The number of rotatable bonds is 8. The molecule has 1 atom stereocenters. The lowest BCUT2D eigenvalue weighted by molar-refractivity contribution is -0.274. The van der Waals surface area contributed by atoms with Crippen molar-refractivity contribution >= 4 is 15.9 Å². The first-order chi connectivity index (χ1) is 18.5. The number of nitrogens with zero attached hydrogens (tertiary/aromatic N) is 5. The van der Waals surface area contributed by atoms with E-state index < -0.39 is 34.1 Å². The first-order valence-corrected chi connectivity index (χ1v) is 13.6. The van der Waals surface area contributed by atoms with Crippen molar-refractivity contribution in [3.63, 3.8) is 0 Å². The first kappa shape index (κ1) is 27.0. The van der Waals surface area contributed by atoms with Crippen molar-refractivity contribution in [1.29, 1.82) is 0 Å². The third-order valence-corrected chi connectivity index (χ3v) is 8.21. The SMILES string of the molecule is C[C@H](NC(=O)c1cc(OC(F)(F)F)cc(C2CC2)c1)c1ncnn1-c1ccc(S(=O)(=O)N2CCOCC2)cn1. The molecule has 11 nitrogen and oxygen atoms in total. The van der Waals surface area contributed by atoms with E-state index in [1.807, 2.05) is 0 Å². The van der Waals surface area contributed by atoms with Crippen LogP contribution in [-0.2, 0) is 14.8 Å². The Kier molecular flexibility index (Phi) is 7.31. The minimum absolute atomic E-state index is 0.0172. The number of pyridine rings is 1.